The molecule has 0 unspecified atom stereocenters. The Morgan fingerprint density at radius 2 is 2.00 bits per heavy atom. The third kappa shape index (κ3) is 2.17. The Morgan fingerprint density at radius 3 is 2.53 bits per heavy atom. The minimum Gasteiger partial charge on any atom is -0.481 e. The molecule has 1 saturated heterocycles. The maximum Gasteiger partial charge on any atom is 0.308 e. The van der Waals surface area contributed by atoms with Crippen LogP contribution >= 0.6 is 0 Å². The van der Waals surface area contributed by atoms with Crippen LogP contribution in [0.1, 0.15) is 32.6 Å². The van der Waals surface area contributed by atoms with Gasteiger partial charge >= 0.3 is 5.97 Å². The van der Waals surface area contributed by atoms with Crippen molar-refractivity contribution in [3.05, 3.63) is 0 Å². The van der Waals surface area contributed by atoms with E-state index in [-0.39, 0.29) is 5.92 Å². The van der Waals surface area contributed by atoms with Crippen LogP contribution in [0, 0.1) is 17.8 Å². The van der Waals surface area contributed by atoms with E-state index in [0.717, 1.165) is 19.6 Å². The lowest BCUT2D eigenvalue weighted by atomic mass is 9.83. The van der Waals surface area contributed by atoms with E-state index in [2.05, 4.69) is 11.8 Å². The van der Waals surface area contributed by atoms with Gasteiger partial charge in [0, 0.05) is 13.1 Å². The van der Waals surface area contributed by atoms with Gasteiger partial charge in [-0.3, -0.25) is 4.79 Å². The van der Waals surface area contributed by atoms with Crippen molar-refractivity contribution in [2.75, 3.05) is 19.6 Å². The first-order valence-corrected chi connectivity index (χ1v) is 6.17. The van der Waals surface area contributed by atoms with Crippen molar-refractivity contribution in [2.45, 2.75) is 32.6 Å². The molecule has 1 aliphatic carbocycles. The molecule has 0 bridgehead atoms. The van der Waals surface area contributed by atoms with Gasteiger partial charge in [0.1, 0.15) is 0 Å². The fourth-order valence-corrected chi connectivity index (χ4v) is 3.30. The quantitative estimate of drug-likeness (QED) is 0.774. The Hall–Kier alpha value is -0.570. The zero-order valence-corrected chi connectivity index (χ0v) is 9.48. The molecule has 2 rings (SSSR count). The van der Waals surface area contributed by atoms with Crippen LogP contribution < -0.4 is 0 Å². The minimum absolute atomic E-state index is 0.104. The minimum atomic E-state index is -0.581. The van der Waals surface area contributed by atoms with Crippen molar-refractivity contribution in [3.8, 4) is 0 Å². The molecule has 1 heterocycles. The zero-order valence-electron chi connectivity index (χ0n) is 9.48. The zero-order chi connectivity index (χ0) is 10.8. The number of rotatable bonds is 3. The summed E-state index contributed by atoms with van der Waals surface area (Å²) < 4.78 is 0. The molecule has 0 aromatic rings. The second-order valence-corrected chi connectivity index (χ2v) is 5.01. The van der Waals surface area contributed by atoms with Crippen LogP contribution in [0.15, 0.2) is 0 Å². The van der Waals surface area contributed by atoms with E-state index in [9.17, 15) is 9.90 Å². The molecule has 2 fully saturated rings. The van der Waals surface area contributed by atoms with E-state index in [0.29, 0.717) is 11.8 Å². The standard InChI is InChI=1S/C12H21NO2/c1-2-13-7-10(9-5-3-4-6-9)11(8-13)12(14)15/h9-11H,2-8H2,1H3,(H,14,15)/t10-,11+/m0/s1. The summed E-state index contributed by atoms with van der Waals surface area (Å²) in [6.07, 6.45) is 5.12. The van der Waals surface area contributed by atoms with Gasteiger partial charge in [0.15, 0.2) is 0 Å². The lowest BCUT2D eigenvalue weighted by molar-refractivity contribution is -0.143. The van der Waals surface area contributed by atoms with Crippen molar-refractivity contribution in [3.63, 3.8) is 0 Å². The molecule has 0 amide bonds. The third-order valence-electron chi connectivity index (χ3n) is 4.21. The summed E-state index contributed by atoms with van der Waals surface area (Å²) >= 11 is 0. The van der Waals surface area contributed by atoms with Crippen molar-refractivity contribution in [2.24, 2.45) is 17.8 Å². The fraction of sp³-hybridized carbons (Fsp3) is 0.917. The van der Waals surface area contributed by atoms with E-state index in [1.54, 1.807) is 0 Å². The van der Waals surface area contributed by atoms with Gasteiger partial charge in [0.2, 0.25) is 0 Å². The highest BCUT2D eigenvalue weighted by Gasteiger charge is 2.41. The first-order chi connectivity index (χ1) is 7.22. The van der Waals surface area contributed by atoms with Crippen LogP contribution in [-0.4, -0.2) is 35.6 Å². The van der Waals surface area contributed by atoms with Gasteiger partial charge in [-0.25, -0.2) is 0 Å². The van der Waals surface area contributed by atoms with Gasteiger partial charge in [-0.1, -0.05) is 32.6 Å². The maximum absolute atomic E-state index is 11.2. The van der Waals surface area contributed by atoms with Crippen molar-refractivity contribution < 1.29 is 9.90 Å². The molecule has 1 N–H and O–H groups in total. The van der Waals surface area contributed by atoms with E-state index in [1.165, 1.54) is 25.7 Å². The van der Waals surface area contributed by atoms with Crippen LogP contribution in [0.3, 0.4) is 0 Å². The van der Waals surface area contributed by atoms with E-state index >= 15 is 0 Å². The first kappa shape index (κ1) is 10.9. The molecule has 15 heavy (non-hydrogen) atoms. The SMILES string of the molecule is CCN1C[C@@H](C(=O)O)[C@H](C2CCCC2)C1. The van der Waals surface area contributed by atoms with Gasteiger partial charge in [-0.05, 0) is 18.4 Å². The monoisotopic (exact) mass is 211 g/mol. The number of aliphatic carboxylic acids is 1. The van der Waals surface area contributed by atoms with Crippen LogP contribution in [-0.2, 0) is 4.79 Å². The predicted octanol–water partition coefficient (Wildman–Crippen LogP) is 1.83. The Bertz CT molecular complexity index is 236. The van der Waals surface area contributed by atoms with Crippen molar-refractivity contribution >= 4 is 5.97 Å². The molecule has 2 aliphatic rings. The summed E-state index contributed by atoms with van der Waals surface area (Å²) in [4.78, 5) is 13.5. The van der Waals surface area contributed by atoms with Gasteiger partial charge in [0.25, 0.3) is 0 Å². The lowest BCUT2D eigenvalue weighted by Gasteiger charge is -2.21. The number of hydrogen-bond donors (Lipinski definition) is 1. The molecule has 86 valence electrons. The smallest absolute Gasteiger partial charge is 0.308 e. The molecule has 1 aliphatic heterocycles. The average Bonchev–Trinajstić information content (AvgIpc) is 2.86. The molecule has 3 nitrogen and oxygen atoms in total. The highest BCUT2D eigenvalue weighted by atomic mass is 16.4. The Labute approximate surface area is 91.5 Å². The normalized spacial score (nSPS) is 33.7. The molecule has 3 heteroatoms. The maximum atomic E-state index is 11.2. The number of carboxylic acid groups (broad SMARTS) is 1. The molecule has 0 aromatic carbocycles. The molecule has 2 atom stereocenters. The molecule has 0 aromatic heterocycles. The van der Waals surface area contributed by atoms with Crippen LogP contribution in [0.5, 0.6) is 0 Å². The van der Waals surface area contributed by atoms with Gasteiger partial charge in [0.05, 0.1) is 5.92 Å². The highest BCUT2D eigenvalue weighted by Crippen LogP contribution is 2.39. The second kappa shape index (κ2) is 4.52. The van der Waals surface area contributed by atoms with E-state index < -0.39 is 5.97 Å². The molecule has 0 radical (unpaired) electrons. The molecule has 1 saturated carbocycles. The largest absolute Gasteiger partial charge is 0.481 e. The first-order valence-electron chi connectivity index (χ1n) is 6.17. The molecular formula is C12H21NO2. The lowest BCUT2D eigenvalue weighted by Crippen LogP contribution is -2.26. The van der Waals surface area contributed by atoms with Gasteiger partial charge in [-0.15, -0.1) is 0 Å². The predicted molar refractivity (Wildman–Crippen MR) is 58.7 cm³/mol. The highest BCUT2D eigenvalue weighted by molar-refractivity contribution is 5.71. The number of carboxylic acids is 1. The van der Waals surface area contributed by atoms with Gasteiger partial charge < -0.3 is 10.0 Å². The van der Waals surface area contributed by atoms with Crippen molar-refractivity contribution in [1.29, 1.82) is 0 Å². The van der Waals surface area contributed by atoms with Gasteiger partial charge in [-0.2, -0.15) is 0 Å². The summed E-state index contributed by atoms with van der Waals surface area (Å²) in [6.45, 7) is 4.90. The summed E-state index contributed by atoms with van der Waals surface area (Å²) in [6, 6.07) is 0. The van der Waals surface area contributed by atoms with Crippen LogP contribution in [0.4, 0.5) is 0 Å². The third-order valence-corrected chi connectivity index (χ3v) is 4.21. The van der Waals surface area contributed by atoms with E-state index in [1.807, 2.05) is 0 Å². The molecule has 0 spiro atoms. The second-order valence-electron chi connectivity index (χ2n) is 5.01. The number of hydrogen-bond acceptors (Lipinski definition) is 2. The summed E-state index contributed by atoms with van der Waals surface area (Å²) in [7, 11) is 0. The number of carbonyl (C=O) groups is 1. The summed E-state index contributed by atoms with van der Waals surface area (Å²) in [5, 5.41) is 9.23. The molecular weight excluding hydrogens is 190 g/mol. The summed E-state index contributed by atoms with van der Waals surface area (Å²) in [5.74, 6) is 0.420. The Kier molecular flexibility index (Phi) is 3.29. The van der Waals surface area contributed by atoms with Crippen LogP contribution in [0.2, 0.25) is 0 Å². The average molecular weight is 211 g/mol. The summed E-state index contributed by atoms with van der Waals surface area (Å²) in [5.41, 5.74) is 0. The number of likely N-dealkylation sites (tertiary alicyclic amines) is 1. The van der Waals surface area contributed by atoms with E-state index in [4.69, 9.17) is 0 Å². The topological polar surface area (TPSA) is 40.5 Å². The fourth-order valence-electron chi connectivity index (χ4n) is 3.30. The number of nitrogens with zero attached hydrogens (tertiary/aromatic N) is 1. The Balaban J connectivity index is 2.03. The van der Waals surface area contributed by atoms with Crippen LogP contribution in [0.25, 0.3) is 0 Å². The Morgan fingerprint density at radius 1 is 1.33 bits per heavy atom. The van der Waals surface area contributed by atoms with Crippen molar-refractivity contribution in [1.82, 2.24) is 4.90 Å².